The van der Waals surface area contributed by atoms with Crippen molar-refractivity contribution in [3.8, 4) is 23.0 Å². The minimum atomic E-state index is -0.438. The van der Waals surface area contributed by atoms with E-state index in [1.165, 1.54) is 12.3 Å². The Kier molecular flexibility index (Phi) is 7.63. The highest BCUT2D eigenvalue weighted by Crippen LogP contribution is 2.28. The van der Waals surface area contributed by atoms with E-state index < -0.39 is 5.97 Å². The molecule has 0 atom stereocenters. The molecule has 0 saturated heterocycles. The van der Waals surface area contributed by atoms with Gasteiger partial charge in [-0.3, -0.25) is 9.59 Å². The number of carbonyl (C=O) groups excluding carboxylic acids is 1. The lowest BCUT2D eigenvalue weighted by atomic mass is 10.1. The molecule has 0 aliphatic carbocycles. The number of rotatable bonds is 8. The van der Waals surface area contributed by atoms with Gasteiger partial charge in [-0.05, 0) is 73.9 Å². The largest absolute Gasteiger partial charge is 0.492 e. The van der Waals surface area contributed by atoms with Crippen LogP contribution in [0.4, 0.5) is 0 Å². The van der Waals surface area contributed by atoms with Crippen molar-refractivity contribution in [2.75, 3.05) is 6.61 Å². The van der Waals surface area contributed by atoms with Crippen molar-refractivity contribution in [1.82, 2.24) is 0 Å². The van der Waals surface area contributed by atoms with Gasteiger partial charge in [-0.25, -0.2) is 0 Å². The average Bonchev–Trinajstić information content (AvgIpc) is 2.79. The molecule has 3 aromatic carbocycles. The van der Waals surface area contributed by atoms with Crippen LogP contribution in [-0.4, -0.2) is 12.6 Å². The van der Waals surface area contributed by atoms with Gasteiger partial charge in [0.2, 0.25) is 11.2 Å². The van der Waals surface area contributed by atoms with Gasteiger partial charge in [-0.1, -0.05) is 29.3 Å². The van der Waals surface area contributed by atoms with Gasteiger partial charge in [0.25, 0.3) is 0 Å². The van der Waals surface area contributed by atoms with Crippen LogP contribution < -0.4 is 19.6 Å². The molecule has 1 aromatic heterocycles. The summed E-state index contributed by atoms with van der Waals surface area (Å²) in [4.78, 5) is 25.1. The Labute approximate surface area is 211 Å². The Morgan fingerprint density at radius 3 is 2.43 bits per heavy atom. The van der Waals surface area contributed by atoms with Gasteiger partial charge < -0.3 is 18.6 Å². The Morgan fingerprint density at radius 2 is 1.69 bits per heavy atom. The van der Waals surface area contributed by atoms with Crippen molar-refractivity contribution in [2.24, 2.45) is 0 Å². The zero-order valence-corrected chi connectivity index (χ0v) is 20.6. The van der Waals surface area contributed by atoms with Crippen LogP contribution >= 0.6 is 23.2 Å². The second kappa shape index (κ2) is 10.8. The van der Waals surface area contributed by atoms with Crippen molar-refractivity contribution in [3.05, 3.63) is 92.3 Å². The van der Waals surface area contributed by atoms with Crippen LogP contribution in [0, 0.1) is 13.8 Å². The monoisotopic (exact) mass is 512 g/mol. The highest BCUT2D eigenvalue weighted by Gasteiger charge is 2.13. The van der Waals surface area contributed by atoms with E-state index in [0.29, 0.717) is 33.4 Å². The molecule has 180 valence electrons. The minimum absolute atomic E-state index is 0.0769. The SMILES string of the molecule is Cc1cc(C)cc(Oc2coc3cc(OC(=O)CCCOc4ccc(Cl)cc4Cl)ccc3c2=O)c1. The molecule has 0 fully saturated rings. The molecule has 1 heterocycles. The fourth-order valence-electron chi connectivity index (χ4n) is 3.52. The molecule has 0 bridgehead atoms. The van der Waals surface area contributed by atoms with Crippen molar-refractivity contribution >= 4 is 40.1 Å². The van der Waals surface area contributed by atoms with E-state index in [0.717, 1.165) is 11.1 Å². The fourth-order valence-corrected chi connectivity index (χ4v) is 3.98. The quantitative estimate of drug-likeness (QED) is 0.140. The molecule has 4 rings (SSSR count). The van der Waals surface area contributed by atoms with Gasteiger partial charge >= 0.3 is 5.97 Å². The third kappa shape index (κ3) is 6.35. The molecule has 6 nitrogen and oxygen atoms in total. The first-order chi connectivity index (χ1) is 16.8. The van der Waals surface area contributed by atoms with E-state index in [4.69, 9.17) is 41.8 Å². The van der Waals surface area contributed by atoms with Crippen LogP contribution in [0.3, 0.4) is 0 Å². The van der Waals surface area contributed by atoms with Gasteiger partial charge in [0.05, 0.1) is 17.0 Å². The third-order valence-electron chi connectivity index (χ3n) is 5.05. The molecule has 0 aliphatic rings. The summed E-state index contributed by atoms with van der Waals surface area (Å²) in [5, 5.41) is 1.24. The Morgan fingerprint density at radius 1 is 0.914 bits per heavy atom. The first kappa shape index (κ1) is 24.6. The number of aryl methyl sites for hydroxylation is 2. The lowest BCUT2D eigenvalue weighted by molar-refractivity contribution is -0.134. The number of carbonyl (C=O) groups is 1. The summed E-state index contributed by atoms with van der Waals surface area (Å²) >= 11 is 11.9. The van der Waals surface area contributed by atoms with Gasteiger partial charge in [0.1, 0.15) is 29.1 Å². The number of fused-ring (bicyclic) bond motifs is 1. The highest BCUT2D eigenvalue weighted by atomic mass is 35.5. The molecule has 0 spiro atoms. The van der Waals surface area contributed by atoms with Crippen molar-refractivity contribution in [1.29, 1.82) is 0 Å². The second-order valence-electron chi connectivity index (χ2n) is 8.01. The molecule has 4 aromatic rings. The van der Waals surface area contributed by atoms with E-state index in [2.05, 4.69) is 0 Å². The highest BCUT2D eigenvalue weighted by molar-refractivity contribution is 6.35. The number of hydrogen-bond donors (Lipinski definition) is 0. The third-order valence-corrected chi connectivity index (χ3v) is 5.58. The molecule has 0 amide bonds. The van der Waals surface area contributed by atoms with Gasteiger partial charge in [-0.15, -0.1) is 0 Å². The Bertz CT molecular complexity index is 1420. The van der Waals surface area contributed by atoms with Crippen molar-refractivity contribution in [2.45, 2.75) is 26.7 Å². The van der Waals surface area contributed by atoms with Crippen LogP contribution in [-0.2, 0) is 4.79 Å². The second-order valence-corrected chi connectivity index (χ2v) is 8.86. The number of ether oxygens (including phenoxy) is 3. The summed E-state index contributed by atoms with van der Waals surface area (Å²) in [6, 6.07) is 15.2. The number of hydrogen-bond acceptors (Lipinski definition) is 6. The van der Waals surface area contributed by atoms with E-state index in [9.17, 15) is 9.59 Å². The Balaban J connectivity index is 1.36. The first-order valence-corrected chi connectivity index (χ1v) is 11.6. The molecular formula is C27H22Cl2O6. The lowest BCUT2D eigenvalue weighted by Gasteiger charge is -2.09. The number of halogens is 2. The van der Waals surface area contributed by atoms with Crippen molar-refractivity contribution in [3.63, 3.8) is 0 Å². The van der Waals surface area contributed by atoms with Crippen molar-refractivity contribution < 1.29 is 23.4 Å². The molecular weight excluding hydrogens is 491 g/mol. The maximum absolute atomic E-state index is 12.8. The van der Waals surface area contributed by atoms with Crippen LogP contribution in [0.2, 0.25) is 10.0 Å². The maximum Gasteiger partial charge on any atom is 0.311 e. The Hall–Kier alpha value is -3.48. The predicted octanol–water partition coefficient (Wildman–Crippen LogP) is 7.27. The minimum Gasteiger partial charge on any atom is -0.492 e. The fraction of sp³-hybridized carbons (Fsp3) is 0.185. The lowest BCUT2D eigenvalue weighted by Crippen LogP contribution is -2.10. The number of esters is 1. The van der Waals surface area contributed by atoms with Crippen LogP contribution in [0.25, 0.3) is 11.0 Å². The predicted molar refractivity (Wildman–Crippen MR) is 135 cm³/mol. The van der Waals surface area contributed by atoms with Gasteiger partial charge in [-0.2, -0.15) is 0 Å². The standard InChI is InChI=1S/C27H22Cl2O6/c1-16-10-17(2)12-20(11-16)34-25-15-33-24-14-19(6-7-21(24)27(25)31)35-26(30)4-3-9-32-23-8-5-18(28)13-22(23)29/h5-8,10-15H,3-4,9H2,1-2H3. The molecule has 0 unspecified atom stereocenters. The van der Waals surface area contributed by atoms with E-state index in [-0.39, 0.29) is 35.5 Å². The summed E-state index contributed by atoms with van der Waals surface area (Å²) < 4.78 is 22.3. The summed E-state index contributed by atoms with van der Waals surface area (Å²) in [6.07, 6.45) is 1.82. The van der Waals surface area contributed by atoms with E-state index >= 15 is 0 Å². The summed E-state index contributed by atoms with van der Waals surface area (Å²) in [7, 11) is 0. The van der Waals surface area contributed by atoms with Crippen LogP contribution in [0.5, 0.6) is 23.0 Å². The summed E-state index contributed by atoms with van der Waals surface area (Å²) in [5.74, 6) is 0.965. The number of benzene rings is 3. The zero-order valence-electron chi connectivity index (χ0n) is 19.1. The molecule has 0 radical (unpaired) electrons. The first-order valence-electron chi connectivity index (χ1n) is 10.9. The zero-order chi connectivity index (χ0) is 24.9. The summed E-state index contributed by atoms with van der Waals surface area (Å²) in [6.45, 7) is 4.19. The van der Waals surface area contributed by atoms with Crippen LogP contribution in [0.15, 0.2) is 70.1 Å². The molecule has 0 saturated carbocycles. The normalized spacial score (nSPS) is 10.9. The molecule has 0 N–H and O–H groups in total. The van der Waals surface area contributed by atoms with Gasteiger partial charge in [0, 0.05) is 17.5 Å². The van der Waals surface area contributed by atoms with E-state index in [1.807, 2.05) is 32.0 Å². The van der Waals surface area contributed by atoms with E-state index in [1.54, 1.807) is 30.3 Å². The topological polar surface area (TPSA) is 75.0 Å². The average molecular weight is 513 g/mol. The van der Waals surface area contributed by atoms with Gasteiger partial charge in [0.15, 0.2) is 0 Å². The van der Waals surface area contributed by atoms with Crippen LogP contribution in [0.1, 0.15) is 24.0 Å². The molecule has 8 heteroatoms. The smallest absolute Gasteiger partial charge is 0.311 e. The molecule has 0 aliphatic heterocycles. The summed E-state index contributed by atoms with van der Waals surface area (Å²) in [5.41, 5.74) is 2.02. The molecule has 35 heavy (non-hydrogen) atoms. The maximum atomic E-state index is 12.8.